The van der Waals surface area contributed by atoms with Gasteiger partial charge >= 0.3 is 5.97 Å². The van der Waals surface area contributed by atoms with Crippen LogP contribution < -0.4 is 10.5 Å². The Morgan fingerprint density at radius 2 is 1.94 bits per heavy atom. The van der Waals surface area contributed by atoms with Crippen molar-refractivity contribution in [3.05, 3.63) is 69.3 Å². The van der Waals surface area contributed by atoms with E-state index in [9.17, 15) is 18.0 Å². The largest absolute Gasteiger partial charge is 0.462 e. The molecule has 1 atom stereocenters. The van der Waals surface area contributed by atoms with Gasteiger partial charge in [-0.3, -0.25) is 4.79 Å². The number of rotatable bonds is 6. The highest BCUT2D eigenvalue weighted by Crippen LogP contribution is 2.35. The fraction of sp³-hybridized carbons (Fsp3) is 0.333. The van der Waals surface area contributed by atoms with Crippen LogP contribution in [0.15, 0.2) is 42.5 Å². The molecule has 1 fully saturated rings. The number of nitrogens with zero attached hydrogens (tertiary/aromatic N) is 2. The van der Waals surface area contributed by atoms with E-state index in [-0.39, 0.29) is 19.7 Å². The van der Waals surface area contributed by atoms with E-state index < -0.39 is 27.6 Å². The van der Waals surface area contributed by atoms with Gasteiger partial charge < -0.3 is 14.6 Å². The van der Waals surface area contributed by atoms with E-state index in [0.29, 0.717) is 50.6 Å². The van der Waals surface area contributed by atoms with Gasteiger partial charge in [0.1, 0.15) is 5.69 Å². The first kappa shape index (κ1) is 26.4. The van der Waals surface area contributed by atoms with E-state index in [1.165, 1.54) is 0 Å². The standard InChI is InChI=1S/C24H26Cl2N4O5S/c1-3-35-23(32)15-6-4-7-16(12-15)24(10-5-11-30(14-24)36(27,33)34)28-22(31)20-13-17-19(29(20)2)9-8-18(25)21(17)26/h4,6-9,12-13H,3,5,10-11,14H2,1-2H3,(H,28,31)(H2,27,33,34). The fourth-order valence-corrected chi connectivity index (χ4v) is 5.81. The number of esters is 1. The van der Waals surface area contributed by atoms with Gasteiger partial charge in [0.25, 0.3) is 16.1 Å². The molecule has 0 bridgehead atoms. The molecule has 1 saturated heterocycles. The van der Waals surface area contributed by atoms with Gasteiger partial charge in [-0.05, 0) is 55.7 Å². The number of fused-ring (bicyclic) bond motifs is 1. The highest BCUT2D eigenvalue weighted by atomic mass is 35.5. The smallest absolute Gasteiger partial charge is 0.338 e. The first-order chi connectivity index (χ1) is 17.0. The summed E-state index contributed by atoms with van der Waals surface area (Å²) in [6, 6.07) is 11.7. The van der Waals surface area contributed by atoms with Gasteiger partial charge in [0, 0.05) is 31.0 Å². The first-order valence-corrected chi connectivity index (χ1v) is 13.5. The molecule has 9 nitrogen and oxygen atoms in total. The molecule has 3 N–H and O–H groups in total. The molecule has 12 heteroatoms. The zero-order valence-corrected chi connectivity index (χ0v) is 22.1. The number of hydrogen-bond acceptors (Lipinski definition) is 5. The molecular weight excluding hydrogens is 527 g/mol. The number of amides is 1. The van der Waals surface area contributed by atoms with E-state index in [4.69, 9.17) is 33.1 Å². The molecule has 0 spiro atoms. The summed E-state index contributed by atoms with van der Waals surface area (Å²) in [4.78, 5) is 26.0. The van der Waals surface area contributed by atoms with E-state index in [1.54, 1.807) is 61.0 Å². The molecule has 1 aliphatic heterocycles. The maximum atomic E-state index is 13.7. The SMILES string of the molecule is CCOC(=O)c1cccc(C2(NC(=O)c3cc4c(Cl)c(Cl)ccc4n3C)CCCN(S(N)(=O)=O)C2)c1. The Kier molecular flexibility index (Phi) is 7.36. The number of carbonyl (C=O) groups is 2. The highest BCUT2D eigenvalue weighted by Gasteiger charge is 2.42. The van der Waals surface area contributed by atoms with Crippen molar-refractivity contribution in [2.75, 3.05) is 19.7 Å². The Bertz CT molecular complexity index is 1460. The lowest BCUT2D eigenvalue weighted by molar-refractivity contribution is 0.0526. The number of hydrogen-bond donors (Lipinski definition) is 2. The van der Waals surface area contributed by atoms with Crippen LogP contribution in [-0.2, 0) is 27.5 Å². The normalized spacial score (nSPS) is 18.8. The van der Waals surface area contributed by atoms with Gasteiger partial charge in [-0.25, -0.2) is 9.93 Å². The second-order valence-corrected chi connectivity index (χ2v) is 11.0. The van der Waals surface area contributed by atoms with Crippen LogP contribution in [0.5, 0.6) is 0 Å². The predicted molar refractivity (Wildman–Crippen MR) is 138 cm³/mol. The van der Waals surface area contributed by atoms with Crippen molar-refractivity contribution in [1.29, 1.82) is 0 Å². The summed E-state index contributed by atoms with van der Waals surface area (Å²) in [5.41, 5.74) is 0.726. The summed E-state index contributed by atoms with van der Waals surface area (Å²) in [6.45, 7) is 2.03. The maximum Gasteiger partial charge on any atom is 0.338 e. The van der Waals surface area contributed by atoms with E-state index in [2.05, 4.69) is 5.32 Å². The molecule has 2 heterocycles. The van der Waals surface area contributed by atoms with Gasteiger partial charge in [-0.2, -0.15) is 12.7 Å². The number of piperidine rings is 1. The number of halogens is 2. The molecule has 2 aromatic carbocycles. The summed E-state index contributed by atoms with van der Waals surface area (Å²) < 4.78 is 32.4. The molecule has 1 amide bonds. The van der Waals surface area contributed by atoms with Crippen molar-refractivity contribution in [2.45, 2.75) is 25.3 Å². The van der Waals surface area contributed by atoms with Gasteiger partial charge in [-0.1, -0.05) is 35.3 Å². The molecule has 0 saturated carbocycles. The number of nitrogens with two attached hydrogens (primary N) is 1. The predicted octanol–water partition coefficient (Wildman–Crippen LogP) is 3.59. The Balaban J connectivity index is 1.79. The van der Waals surface area contributed by atoms with Crippen LogP contribution in [0.4, 0.5) is 0 Å². The average Bonchev–Trinajstić information content (AvgIpc) is 3.18. The third-order valence-electron chi connectivity index (χ3n) is 6.44. The minimum absolute atomic E-state index is 0.0968. The molecular formula is C24H26Cl2N4O5S. The summed E-state index contributed by atoms with van der Waals surface area (Å²) >= 11 is 12.5. The Labute approximate surface area is 219 Å². The third-order valence-corrected chi connectivity index (χ3v) is 8.29. The number of benzene rings is 2. The van der Waals surface area contributed by atoms with Crippen molar-refractivity contribution in [1.82, 2.24) is 14.2 Å². The molecule has 1 aliphatic rings. The Hall–Kier alpha value is -2.63. The summed E-state index contributed by atoms with van der Waals surface area (Å²) in [6.07, 6.45) is 0.866. The topological polar surface area (TPSA) is 124 Å². The van der Waals surface area contributed by atoms with Crippen LogP contribution in [0.25, 0.3) is 10.9 Å². The van der Waals surface area contributed by atoms with Gasteiger partial charge in [0.15, 0.2) is 0 Å². The summed E-state index contributed by atoms with van der Waals surface area (Å²) in [7, 11) is -2.30. The zero-order chi connectivity index (χ0) is 26.3. The monoisotopic (exact) mass is 552 g/mol. The lowest BCUT2D eigenvalue weighted by Gasteiger charge is -2.42. The van der Waals surface area contributed by atoms with Crippen LogP contribution >= 0.6 is 23.2 Å². The van der Waals surface area contributed by atoms with Crippen LogP contribution in [0.2, 0.25) is 10.0 Å². The van der Waals surface area contributed by atoms with E-state index in [1.807, 2.05) is 0 Å². The second-order valence-electron chi connectivity index (χ2n) is 8.70. The molecule has 36 heavy (non-hydrogen) atoms. The van der Waals surface area contributed by atoms with Crippen molar-refractivity contribution >= 4 is 56.2 Å². The molecule has 4 rings (SSSR count). The van der Waals surface area contributed by atoms with Gasteiger partial charge in [0.2, 0.25) is 0 Å². The molecule has 0 aliphatic carbocycles. The first-order valence-electron chi connectivity index (χ1n) is 11.3. The van der Waals surface area contributed by atoms with Crippen molar-refractivity contribution in [3.63, 3.8) is 0 Å². The van der Waals surface area contributed by atoms with Gasteiger partial charge in [0.05, 0.1) is 27.8 Å². The number of aryl methyl sites for hydroxylation is 1. The zero-order valence-electron chi connectivity index (χ0n) is 19.8. The Morgan fingerprint density at radius 3 is 2.64 bits per heavy atom. The second kappa shape index (κ2) is 10.0. The Morgan fingerprint density at radius 1 is 1.19 bits per heavy atom. The van der Waals surface area contributed by atoms with Crippen LogP contribution in [0.1, 0.15) is 46.2 Å². The van der Waals surface area contributed by atoms with Crippen LogP contribution in [-0.4, -0.2) is 48.9 Å². The highest BCUT2D eigenvalue weighted by molar-refractivity contribution is 7.86. The van der Waals surface area contributed by atoms with Crippen molar-refractivity contribution in [3.8, 4) is 0 Å². The minimum atomic E-state index is -4.03. The van der Waals surface area contributed by atoms with Crippen LogP contribution in [0, 0.1) is 0 Å². The molecule has 1 unspecified atom stereocenters. The number of carbonyl (C=O) groups excluding carboxylic acids is 2. The van der Waals surface area contributed by atoms with Gasteiger partial charge in [-0.15, -0.1) is 0 Å². The fourth-order valence-electron chi connectivity index (χ4n) is 4.65. The molecule has 0 radical (unpaired) electrons. The number of nitrogens with one attached hydrogen (secondary N) is 1. The maximum absolute atomic E-state index is 13.7. The van der Waals surface area contributed by atoms with Crippen molar-refractivity contribution in [2.24, 2.45) is 12.2 Å². The van der Waals surface area contributed by atoms with E-state index in [0.717, 1.165) is 4.31 Å². The lowest BCUT2D eigenvalue weighted by Crippen LogP contribution is -2.58. The molecule has 3 aromatic rings. The average molecular weight is 553 g/mol. The summed E-state index contributed by atoms with van der Waals surface area (Å²) in [5.74, 6) is -0.959. The molecule has 192 valence electrons. The van der Waals surface area contributed by atoms with Crippen molar-refractivity contribution < 1.29 is 22.7 Å². The minimum Gasteiger partial charge on any atom is -0.462 e. The van der Waals surface area contributed by atoms with E-state index >= 15 is 0 Å². The van der Waals surface area contributed by atoms with Crippen LogP contribution in [0.3, 0.4) is 0 Å². The summed E-state index contributed by atoms with van der Waals surface area (Å²) in [5, 5.41) is 9.82. The number of aromatic nitrogens is 1. The number of ether oxygens (including phenoxy) is 1. The molecule has 1 aromatic heterocycles. The third kappa shape index (κ3) is 4.96. The quantitative estimate of drug-likeness (QED) is 0.452. The lowest BCUT2D eigenvalue weighted by atomic mass is 9.82.